The van der Waals surface area contributed by atoms with E-state index >= 15 is 0 Å². The molecule has 0 aliphatic rings. The maximum atomic E-state index is 5.87. The molecule has 2 aromatic rings. The molecule has 0 unspecified atom stereocenters. The number of benzene rings is 2. The average Bonchev–Trinajstić information content (AvgIpc) is 2.36. The molecule has 0 amide bonds. The lowest BCUT2D eigenvalue weighted by Crippen LogP contribution is -1.90. The number of nitrogen functional groups attached to an aromatic ring is 1. The van der Waals surface area contributed by atoms with Gasteiger partial charge < -0.3 is 5.73 Å². The second kappa shape index (κ2) is 5.22. The normalized spacial score (nSPS) is 11.2. The second-order valence-corrected chi connectivity index (χ2v) is 4.99. The number of hydrogen-bond donors (Lipinski definition) is 1. The lowest BCUT2D eigenvalue weighted by Gasteiger charge is -2.05. The molecule has 3 heteroatoms. The van der Waals surface area contributed by atoms with Crippen LogP contribution in [0.5, 0.6) is 0 Å². The molecule has 0 heterocycles. The Hall–Kier alpha value is -2.16. The number of nitrogens with two attached hydrogens (primary N) is 1. The molecule has 0 fully saturated rings. The van der Waals surface area contributed by atoms with Gasteiger partial charge in [-0.15, -0.1) is 0 Å². The van der Waals surface area contributed by atoms with Crippen molar-refractivity contribution >= 4 is 17.1 Å². The Morgan fingerprint density at radius 2 is 1.37 bits per heavy atom. The lowest BCUT2D eigenvalue weighted by molar-refractivity contribution is 1.18. The van der Waals surface area contributed by atoms with E-state index in [2.05, 4.69) is 29.3 Å². The van der Waals surface area contributed by atoms with Crippen LogP contribution in [0.15, 0.2) is 40.6 Å². The minimum Gasteiger partial charge on any atom is -0.399 e. The highest BCUT2D eigenvalue weighted by Crippen LogP contribution is 2.28. The fraction of sp³-hybridized carbons (Fsp3) is 0.250. The van der Waals surface area contributed by atoms with E-state index < -0.39 is 0 Å². The summed E-state index contributed by atoms with van der Waals surface area (Å²) in [6.07, 6.45) is 0. The third kappa shape index (κ3) is 2.99. The minimum absolute atomic E-state index is 0.795. The molecule has 0 bridgehead atoms. The van der Waals surface area contributed by atoms with Crippen LogP contribution in [0.2, 0.25) is 0 Å². The Kier molecular flexibility index (Phi) is 3.65. The zero-order chi connectivity index (χ0) is 14.0. The van der Waals surface area contributed by atoms with Crippen molar-refractivity contribution in [2.45, 2.75) is 27.7 Å². The molecule has 2 aromatic carbocycles. The van der Waals surface area contributed by atoms with Crippen LogP contribution in [0.1, 0.15) is 22.3 Å². The molecule has 0 saturated carbocycles. The molecule has 0 aliphatic carbocycles. The van der Waals surface area contributed by atoms with Crippen molar-refractivity contribution in [3.05, 3.63) is 52.6 Å². The first-order valence-electron chi connectivity index (χ1n) is 6.33. The van der Waals surface area contributed by atoms with Crippen molar-refractivity contribution in [2.24, 2.45) is 10.2 Å². The average molecular weight is 253 g/mol. The summed E-state index contributed by atoms with van der Waals surface area (Å²) in [5.41, 5.74) is 12.8. The van der Waals surface area contributed by atoms with Crippen LogP contribution in [-0.4, -0.2) is 0 Å². The van der Waals surface area contributed by atoms with Crippen LogP contribution in [0.4, 0.5) is 17.1 Å². The van der Waals surface area contributed by atoms with Crippen LogP contribution in [0.25, 0.3) is 0 Å². The van der Waals surface area contributed by atoms with Crippen molar-refractivity contribution in [3.63, 3.8) is 0 Å². The highest BCUT2D eigenvalue weighted by Gasteiger charge is 2.02. The summed E-state index contributed by atoms with van der Waals surface area (Å²) in [5, 5.41) is 8.70. The number of rotatable bonds is 2. The maximum Gasteiger partial charge on any atom is 0.0890 e. The van der Waals surface area contributed by atoms with Gasteiger partial charge in [0.1, 0.15) is 0 Å². The van der Waals surface area contributed by atoms with Crippen LogP contribution < -0.4 is 5.73 Å². The van der Waals surface area contributed by atoms with Crippen molar-refractivity contribution in [1.29, 1.82) is 0 Å². The predicted molar refractivity (Wildman–Crippen MR) is 80.4 cm³/mol. The molecule has 0 saturated heterocycles. The van der Waals surface area contributed by atoms with E-state index in [4.69, 9.17) is 5.73 Å². The van der Waals surface area contributed by atoms with Gasteiger partial charge in [-0.05, 0) is 68.1 Å². The topological polar surface area (TPSA) is 50.7 Å². The van der Waals surface area contributed by atoms with E-state index in [0.717, 1.165) is 33.8 Å². The molecular formula is C16H19N3. The van der Waals surface area contributed by atoms with Crippen molar-refractivity contribution in [3.8, 4) is 0 Å². The van der Waals surface area contributed by atoms with Crippen molar-refractivity contribution in [1.82, 2.24) is 0 Å². The fourth-order valence-electron chi connectivity index (χ4n) is 1.87. The monoisotopic (exact) mass is 253 g/mol. The highest BCUT2D eigenvalue weighted by molar-refractivity contribution is 5.59. The van der Waals surface area contributed by atoms with E-state index in [1.165, 1.54) is 5.56 Å². The minimum atomic E-state index is 0.795. The van der Waals surface area contributed by atoms with Gasteiger partial charge in [0.05, 0.1) is 11.4 Å². The summed E-state index contributed by atoms with van der Waals surface area (Å²) in [4.78, 5) is 0. The molecule has 19 heavy (non-hydrogen) atoms. The van der Waals surface area contributed by atoms with Gasteiger partial charge in [0, 0.05) is 5.69 Å². The highest BCUT2D eigenvalue weighted by atomic mass is 15.1. The summed E-state index contributed by atoms with van der Waals surface area (Å²) in [6, 6.07) is 10.1. The number of azo groups is 1. The molecule has 2 N–H and O–H groups in total. The zero-order valence-corrected chi connectivity index (χ0v) is 11.9. The molecule has 0 atom stereocenters. The third-order valence-electron chi connectivity index (χ3n) is 3.21. The zero-order valence-electron chi connectivity index (χ0n) is 11.9. The van der Waals surface area contributed by atoms with Crippen LogP contribution in [0, 0.1) is 27.7 Å². The van der Waals surface area contributed by atoms with Gasteiger partial charge in [-0.3, -0.25) is 0 Å². The van der Waals surface area contributed by atoms with E-state index in [0.29, 0.717) is 0 Å². The molecule has 0 aromatic heterocycles. The lowest BCUT2D eigenvalue weighted by atomic mass is 10.1. The Morgan fingerprint density at radius 1 is 0.737 bits per heavy atom. The van der Waals surface area contributed by atoms with E-state index in [1.807, 2.05) is 39.0 Å². The predicted octanol–water partition coefficient (Wildman–Crippen LogP) is 4.92. The van der Waals surface area contributed by atoms with E-state index in [-0.39, 0.29) is 0 Å². The first-order chi connectivity index (χ1) is 8.97. The molecule has 0 spiro atoms. The smallest absolute Gasteiger partial charge is 0.0890 e. The standard InChI is InChI=1S/C16H19N3/c1-10-5-6-11(2)15(7-10)18-19-16-9-12(3)14(17)8-13(16)4/h5-9H,17H2,1-4H3. The van der Waals surface area contributed by atoms with Gasteiger partial charge in [-0.2, -0.15) is 10.2 Å². The number of nitrogens with zero attached hydrogens (tertiary/aromatic N) is 2. The van der Waals surface area contributed by atoms with Gasteiger partial charge in [0.2, 0.25) is 0 Å². The molecule has 2 rings (SSSR count). The summed E-state index contributed by atoms with van der Waals surface area (Å²) >= 11 is 0. The van der Waals surface area contributed by atoms with E-state index in [9.17, 15) is 0 Å². The van der Waals surface area contributed by atoms with Crippen LogP contribution in [0.3, 0.4) is 0 Å². The Labute approximate surface area is 114 Å². The Morgan fingerprint density at radius 3 is 2.05 bits per heavy atom. The van der Waals surface area contributed by atoms with Crippen LogP contribution in [-0.2, 0) is 0 Å². The second-order valence-electron chi connectivity index (χ2n) is 4.99. The summed E-state index contributed by atoms with van der Waals surface area (Å²) in [6.45, 7) is 8.06. The van der Waals surface area contributed by atoms with Crippen LogP contribution >= 0.6 is 0 Å². The van der Waals surface area contributed by atoms with Gasteiger partial charge in [-0.1, -0.05) is 12.1 Å². The Bertz CT molecular complexity index is 643. The SMILES string of the molecule is Cc1ccc(C)c(N=Nc2cc(C)c(N)cc2C)c1. The van der Waals surface area contributed by atoms with Crippen molar-refractivity contribution < 1.29 is 0 Å². The molecule has 0 aliphatic heterocycles. The first kappa shape index (κ1) is 13.3. The largest absolute Gasteiger partial charge is 0.399 e. The maximum absolute atomic E-state index is 5.87. The first-order valence-corrected chi connectivity index (χ1v) is 6.33. The van der Waals surface area contributed by atoms with Gasteiger partial charge in [0.25, 0.3) is 0 Å². The number of aryl methyl sites for hydroxylation is 4. The van der Waals surface area contributed by atoms with E-state index in [1.54, 1.807) is 0 Å². The van der Waals surface area contributed by atoms with Gasteiger partial charge in [0.15, 0.2) is 0 Å². The van der Waals surface area contributed by atoms with Gasteiger partial charge in [-0.25, -0.2) is 0 Å². The van der Waals surface area contributed by atoms with Gasteiger partial charge >= 0.3 is 0 Å². The number of hydrogen-bond acceptors (Lipinski definition) is 3. The summed E-state index contributed by atoms with van der Waals surface area (Å²) < 4.78 is 0. The summed E-state index contributed by atoms with van der Waals surface area (Å²) in [7, 11) is 0. The molecular weight excluding hydrogens is 234 g/mol. The molecule has 0 radical (unpaired) electrons. The molecule has 3 nitrogen and oxygen atoms in total. The third-order valence-corrected chi connectivity index (χ3v) is 3.21. The number of anilines is 1. The molecule has 98 valence electrons. The summed E-state index contributed by atoms with van der Waals surface area (Å²) in [5.74, 6) is 0. The van der Waals surface area contributed by atoms with Crippen molar-refractivity contribution in [2.75, 3.05) is 5.73 Å². The quantitative estimate of drug-likeness (QED) is 0.599. The Balaban J connectivity index is 2.38. The fourth-order valence-corrected chi connectivity index (χ4v) is 1.87.